The average Bonchev–Trinajstić information content (AvgIpc) is 3.31. The minimum atomic E-state index is 0.108. The molecular formula is C20H21N3O2S. The third kappa shape index (κ3) is 2.94. The van der Waals surface area contributed by atoms with Crippen molar-refractivity contribution in [3.05, 3.63) is 51.1 Å². The first-order valence-corrected chi connectivity index (χ1v) is 9.58. The van der Waals surface area contributed by atoms with Gasteiger partial charge in [0.1, 0.15) is 5.76 Å². The van der Waals surface area contributed by atoms with Crippen LogP contribution in [-0.4, -0.2) is 15.5 Å². The quantitative estimate of drug-likeness (QED) is 0.616. The summed E-state index contributed by atoms with van der Waals surface area (Å²) in [5.41, 5.74) is 4.92. The second kappa shape index (κ2) is 6.36. The van der Waals surface area contributed by atoms with E-state index in [-0.39, 0.29) is 5.78 Å². The number of hydrogen-bond acceptors (Lipinski definition) is 5. The number of nitrogens with zero attached hydrogens (tertiary/aromatic N) is 3. The van der Waals surface area contributed by atoms with Gasteiger partial charge in [0.05, 0.1) is 16.3 Å². The monoisotopic (exact) mass is 367 g/mol. The van der Waals surface area contributed by atoms with Crippen LogP contribution in [0.2, 0.25) is 0 Å². The van der Waals surface area contributed by atoms with E-state index in [0.29, 0.717) is 6.04 Å². The lowest BCUT2D eigenvalue weighted by Gasteiger charge is -2.04. The number of Topliss-reactive ketones (excluding diaryl/α,β-unsaturated/α-hetero) is 1. The summed E-state index contributed by atoms with van der Waals surface area (Å²) in [6.07, 6.45) is 2.32. The van der Waals surface area contributed by atoms with E-state index in [1.807, 2.05) is 45.0 Å². The number of aryl methyl sites for hydroxylation is 2. The third-order valence-corrected chi connectivity index (χ3v) is 5.99. The number of thiazole rings is 1. The summed E-state index contributed by atoms with van der Waals surface area (Å²) in [4.78, 5) is 18.4. The molecule has 0 N–H and O–H groups in total. The zero-order valence-corrected chi connectivity index (χ0v) is 16.2. The smallest absolute Gasteiger partial charge is 0.191 e. The van der Waals surface area contributed by atoms with Gasteiger partial charge in [0.25, 0.3) is 0 Å². The van der Waals surface area contributed by atoms with E-state index in [1.165, 1.54) is 11.3 Å². The maximum absolute atomic E-state index is 11.9. The van der Waals surface area contributed by atoms with Crippen molar-refractivity contribution in [2.75, 3.05) is 0 Å². The molecule has 0 aliphatic heterocycles. The van der Waals surface area contributed by atoms with Crippen molar-refractivity contribution in [2.24, 2.45) is 4.99 Å². The van der Waals surface area contributed by atoms with Gasteiger partial charge in [0.2, 0.25) is 0 Å². The Balaban J connectivity index is 1.75. The normalized spacial score (nSPS) is 14.8. The lowest BCUT2D eigenvalue weighted by molar-refractivity contribution is 0.102. The van der Waals surface area contributed by atoms with Gasteiger partial charge < -0.3 is 9.09 Å². The molecule has 1 fully saturated rings. The summed E-state index contributed by atoms with van der Waals surface area (Å²) in [6.45, 7) is 7.51. The lowest BCUT2D eigenvalue weighted by atomic mass is 10.0. The van der Waals surface area contributed by atoms with Gasteiger partial charge >= 0.3 is 0 Å². The topological polar surface area (TPSA) is 60.4 Å². The Morgan fingerprint density at radius 1 is 1.23 bits per heavy atom. The van der Waals surface area contributed by atoms with Crippen molar-refractivity contribution in [2.45, 2.75) is 46.6 Å². The molecule has 0 saturated heterocycles. The molecule has 2 aromatic heterocycles. The van der Waals surface area contributed by atoms with Crippen molar-refractivity contribution < 1.29 is 9.32 Å². The van der Waals surface area contributed by atoms with Gasteiger partial charge in [-0.2, -0.15) is 0 Å². The lowest BCUT2D eigenvalue weighted by Crippen LogP contribution is -2.14. The molecule has 0 spiro atoms. The summed E-state index contributed by atoms with van der Waals surface area (Å²) in [7, 11) is 0. The van der Waals surface area contributed by atoms with E-state index >= 15 is 0 Å². The molecule has 1 aliphatic rings. The first-order valence-electron chi connectivity index (χ1n) is 8.76. The van der Waals surface area contributed by atoms with Crippen molar-refractivity contribution in [1.29, 1.82) is 0 Å². The fourth-order valence-corrected chi connectivity index (χ4v) is 4.45. The van der Waals surface area contributed by atoms with E-state index in [0.717, 1.165) is 56.5 Å². The van der Waals surface area contributed by atoms with Crippen LogP contribution in [0.15, 0.2) is 33.8 Å². The average molecular weight is 367 g/mol. The molecule has 3 aromatic rings. The third-order valence-electron chi connectivity index (χ3n) is 4.74. The number of rotatable bonds is 4. The summed E-state index contributed by atoms with van der Waals surface area (Å²) in [5, 5.41) is 4.02. The van der Waals surface area contributed by atoms with Crippen LogP contribution in [0, 0.1) is 20.8 Å². The highest BCUT2D eigenvalue weighted by Crippen LogP contribution is 2.36. The van der Waals surface area contributed by atoms with Crippen LogP contribution in [0.1, 0.15) is 52.6 Å². The predicted octanol–water partition coefficient (Wildman–Crippen LogP) is 4.90. The van der Waals surface area contributed by atoms with E-state index in [9.17, 15) is 4.79 Å². The van der Waals surface area contributed by atoms with Gasteiger partial charge in [-0.15, -0.1) is 0 Å². The van der Waals surface area contributed by atoms with Crippen molar-refractivity contribution >= 4 is 22.8 Å². The molecule has 0 radical (unpaired) electrons. The summed E-state index contributed by atoms with van der Waals surface area (Å²) >= 11 is 1.49. The second-order valence-electron chi connectivity index (χ2n) is 6.81. The van der Waals surface area contributed by atoms with Crippen molar-refractivity contribution in [3.63, 3.8) is 0 Å². The Morgan fingerprint density at radius 3 is 2.46 bits per heavy atom. The summed E-state index contributed by atoms with van der Waals surface area (Å²) < 4.78 is 7.48. The maximum Gasteiger partial charge on any atom is 0.191 e. The van der Waals surface area contributed by atoms with Gasteiger partial charge in [0, 0.05) is 24.2 Å². The van der Waals surface area contributed by atoms with Crippen molar-refractivity contribution in [3.8, 4) is 11.1 Å². The number of ketones is 1. The maximum atomic E-state index is 11.9. The first-order chi connectivity index (χ1) is 12.5. The zero-order chi connectivity index (χ0) is 18.4. The zero-order valence-electron chi connectivity index (χ0n) is 15.4. The Kier molecular flexibility index (Phi) is 4.15. The van der Waals surface area contributed by atoms with Gasteiger partial charge in [-0.05, 0) is 51.3 Å². The second-order valence-corrected chi connectivity index (χ2v) is 7.79. The molecule has 0 atom stereocenters. The van der Waals surface area contributed by atoms with Crippen molar-refractivity contribution in [1.82, 2.24) is 9.72 Å². The Morgan fingerprint density at radius 2 is 1.92 bits per heavy atom. The largest absolute Gasteiger partial charge is 0.361 e. The fourth-order valence-electron chi connectivity index (χ4n) is 3.34. The number of carbonyl (C=O) groups excluding carboxylic acids is 1. The highest BCUT2D eigenvalue weighted by molar-refractivity contribution is 7.11. The standard InChI is InChI=1S/C20H21N3O2S/c1-11-18(14(4)25-22-11)15-5-7-16(8-6-15)21-20-23(17-9-10-17)12(2)19(26-20)13(3)24/h5-8,17H,9-10H2,1-4H3/b21-20-. The number of carbonyl (C=O) groups is 1. The van der Waals surface area contributed by atoms with E-state index in [4.69, 9.17) is 9.52 Å². The molecule has 4 rings (SSSR count). The molecule has 0 unspecified atom stereocenters. The summed E-state index contributed by atoms with van der Waals surface area (Å²) in [5.74, 6) is 0.927. The van der Waals surface area contributed by atoms with Crippen LogP contribution >= 0.6 is 11.3 Å². The Bertz CT molecular complexity index is 1030. The molecular weight excluding hydrogens is 346 g/mol. The minimum Gasteiger partial charge on any atom is -0.361 e. The van der Waals surface area contributed by atoms with E-state index < -0.39 is 0 Å². The van der Waals surface area contributed by atoms with Gasteiger partial charge in [-0.1, -0.05) is 28.6 Å². The summed E-state index contributed by atoms with van der Waals surface area (Å²) in [6, 6.07) is 8.57. The molecule has 1 aliphatic carbocycles. The molecule has 6 heteroatoms. The Labute approximate surface area is 156 Å². The van der Waals surface area contributed by atoms with E-state index in [2.05, 4.69) is 9.72 Å². The fraction of sp³-hybridized carbons (Fsp3) is 0.350. The molecule has 0 bridgehead atoms. The van der Waals surface area contributed by atoms with Gasteiger partial charge in [-0.3, -0.25) is 4.79 Å². The van der Waals surface area contributed by atoms with Gasteiger partial charge in [0.15, 0.2) is 10.6 Å². The molecule has 5 nitrogen and oxygen atoms in total. The molecule has 134 valence electrons. The SMILES string of the molecule is CC(=O)c1s/c(=N\c2ccc(-c3c(C)noc3C)cc2)n(C2CC2)c1C. The first kappa shape index (κ1) is 17.0. The predicted molar refractivity (Wildman–Crippen MR) is 102 cm³/mol. The molecule has 1 saturated carbocycles. The van der Waals surface area contributed by atoms with Crippen LogP contribution in [0.4, 0.5) is 5.69 Å². The van der Waals surface area contributed by atoms with Crippen LogP contribution in [0.3, 0.4) is 0 Å². The molecule has 26 heavy (non-hydrogen) atoms. The van der Waals surface area contributed by atoms with E-state index in [1.54, 1.807) is 6.92 Å². The number of benzene rings is 1. The van der Waals surface area contributed by atoms with Crippen LogP contribution < -0.4 is 4.80 Å². The molecule has 1 aromatic carbocycles. The molecule has 0 amide bonds. The number of aromatic nitrogens is 2. The molecule has 2 heterocycles. The van der Waals surface area contributed by atoms with Crippen LogP contribution in [0.5, 0.6) is 0 Å². The number of hydrogen-bond donors (Lipinski definition) is 0. The van der Waals surface area contributed by atoms with Crippen LogP contribution in [-0.2, 0) is 0 Å². The van der Waals surface area contributed by atoms with Crippen LogP contribution in [0.25, 0.3) is 11.1 Å². The highest BCUT2D eigenvalue weighted by Gasteiger charge is 2.28. The van der Waals surface area contributed by atoms with Gasteiger partial charge in [-0.25, -0.2) is 4.99 Å². The Hall–Kier alpha value is -2.47. The minimum absolute atomic E-state index is 0.108. The highest BCUT2D eigenvalue weighted by atomic mass is 32.1.